The zero-order valence-corrected chi connectivity index (χ0v) is 14.9. The molecule has 1 aliphatic heterocycles. The third kappa shape index (κ3) is 5.27. The van der Waals surface area contributed by atoms with Gasteiger partial charge in [-0.1, -0.05) is 24.3 Å². The molecule has 2 N–H and O–H groups in total. The molecule has 3 rings (SSSR count). The number of benzene rings is 2. The Balaban J connectivity index is 1.59. The molecule has 5 heteroatoms. The van der Waals surface area contributed by atoms with Gasteiger partial charge in [0.05, 0.1) is 12.7 Å². The fourth-order valence-electron chi connectivity index (χ4n) is 3.52. The quantitative estimate of drug-likeness (QED) is 0.798. The van der Waals surface area contributed by atoms with Gasteiger partial charge in [0, 0.05) is 25.6 Å². The van der Waals surface area contributed by atoms with Gasteiger partial charge >= 0.3 is 0 Å². The van der Waals surface area contributed by atoms with Crippen molar-refractivity contribution in [3.63, 3.8) is 0 Å². The Morgan fingerprint density at radius 2 is 1.92 bits per heavy atom. The van der Waals surface area contributed by atoms with E-state index in [-0.39, 0.29) is 24.4 Å². The normalized spacial score (nSPS) is 20.9. The predicted molar refractivity (Wildman–Crippen MR) is 98.5 cm³/mol. The van der Waals surface area contributed by atoms with Crippen molar-refractivity contribution in [2.24, 2.45) is 5.92 Å². The minimum absolute atomic E-state index is 0.000688. The summed E-state index contributed by atoms with van der Waals surface area (Å²) in [6, 6.07) is 14.4. The summed E-state index contributed by atoms with van der Waals surface area (Å²) in [5.41, 5.74) is 2.20. The number of aliphatic hydroxyl groups excluding tert-OH is 2. The molecule has 1 heterocycles. The first-order valence-electron chi connectivity index (χ1n) is 9.11. The zero-order valence-electron chi connectivity index (χ0n) is 14.9. The van der Waals surface area contributed by atoms with Crippen molar-refractivity contribution in [2.75, 3.05) is 26.3 Å². The minimum Gasteiger partial charge on any atom is -0.491 e. The van der Waals surface area contributed by atoms with Crippen LogP contribution in [0.25, 0.3) is 0 Å². The molecular weight excluding hydrogens is 333 g/mol. The van der Waals surface area contributed by atoms with E-state index in [1.165, 1.54) is 12.1 Å². The van der Waals surface area contributed by atoms with Crippen molar-refractivity contribution in [3.8, 4) is 5.75 Å². The highest BCUT2D eigenvalue weighted by Crippen LogP contribution is 2.24. The number of rotatable bonds is 7. The van der Waals surface area contributed by atoms with E-state index in [2.05, 4.69) is 11.0 Å². The number of aliphatic hydroxyl groups is 2. The number of nitrogens with zero attached hydrogens (tertiary/aromatic N) is 1. The fraction of sp³-hybridized carbons (Fsp3) is 0.429. The zero-order chi connectivity index (χ0) is 18.4. The van der Waals surface area contributed by atoms with E-state index >= 15 is 0 Å². The first-order valence-corrected chi connectivity index (χ1v) is 9.11. The molecule has 1 saturated heterocycles. The molecule has 0 aromatic heterocycles. The maximum Gasteiger partial charge on any atom is 0.123 e. The first kappa shape index (κ1) is 18.8. The average Bonchev–Trinajstić information content (AvgIpc) is 2.65. The smallest absolute Gasteiger partial charge is 0.123 e. The fourth-order valence-corrected chi connectivity index (χ4v) is 3.52. The molecule has 0 unspecified atom stereocenters. The van der Waals surface area contributed by atoms with Crippen LogP contribution in [0, 0.1) is 11.7 Å². The topological polar surface area (TPSA) is 52.9 Å². The van der Waals surface area contributed by atoms with Crippen molar-refractivity contribution in [1.82, 2.24) is 4.90 Å². The summed E-state index contributed by atoms with van der Waals surface area (Å²) in [7, 11) is 0. The number of ether oxygens (including phenoxy) is 1. The number of hydrogen-bond donors (Lipinski definition) is 2. The third-order valence-electron chi connectivity index (χ3n) is 4.85. The molecule has 26 heavy (non-hydrogen) atoms. The summed E-state index contributed by atoms with van der Waals surface area (Å²) in [4.78, 5) is 2.34. The van der Waals surface area contributed by atoms with Gasteiger partial charge in [-0.2, -0.15) is 0 Å². The van der Waals surface area contributed by atoms with Crippen LogP contribution >= 0.6 is 0 Å². The standard InChI is InChI=1S/C21H26FNO3/c22-19-6-4-16(5-7-19)12-18-15-23(9-8-21(18)25)14-17-2-1-3-20(13-17)26-11-10-24/h1-7,13,18,21,24-25H,8-12,14-15H2/t18-,21-/m1/s1. The maximum absolute atomic E-state index is 13.1. The highest BCUT2D eigenvalue weighted by molar-refractivity contribution is 5.28. The molecule has 1 aliphatic rings. The van der Waals surface area contributed by atoms with E-state index in [4.69, 9.17) is 9.84 Å². The second-order valence-electron chi connectivity index (χ2n) is 6.90. The summed E-state index contributed by atoms with van der Waals surface area (Å²) in [5.74, 6) is 0.669. The van der Waals surface area contributed by atoms with Crippen LogP contribution in [0.5, 0.6) is 5.75 Å². The molecule has 140 valence electrons. The van der Waals surface area contributed by atoms with Gasteiger partial charge in [0.25, 0.3) is 0 Å². The molecule has 2 aromatic carbocycles. The minimum atomic E-state index is -0.324. The summed E-state index contributed by atoms with van der Waals surface area (Å²) < 4.78 is 18.5. The largest absolute Gasteiger partial charge is 0.491 e. The molecule has 0 amide bonds. The second kappa shape index (κ2) is 9.12. The van der Waals surface area contributed by atoms with Crippen LogP contribution in [0.2, 0.25) is 0 Å². The molecule has 2 aromatic rings. The lowest BCUT2D eigenvalue weighted by Gasteiger charge is -2.36. The average molecular weight is 359 g/mol. The SMILES string of the molecule is OCCOc1cccc(CN2CC[C@@H](O)[C@H](Cc3ccc(F)cc3)C2)c1. The highest BCUT2D eigenvalue weighted by Gasteiger charge is 2.27. The van der Waals surface area contributed by atoms with E-state index in [0.717, 1.165) is 49.4 Å². The van der Waals surface area contributed by atoms with Crippen LogP contribution in [0.15, 0.2) is 48.5 Å². The van der Waals surface area contributed by atoms with Gasteiger partial charge in [0.2, 0.25) is 0 Å². The van der Waals surface area contributed by atoms with Crippen LogP contribution in [0.3, 0.4) is 0 Å². The lowest BCUT2D eigenvalue weighted by Crippen LogP contribution is -2.43. The summed E-state index contributed by atoms with van der Waals surface area (Å²) >= 11 is 0. The van der Waals surface area contributed by atoms with E-state index in [1.807, 2.05) is 18.2 Å². The van der Waals surface area contributed by atoms with Gasteiger partial charge in [-0.05, 0) is 48.2 Å². The monoisotopic (exact) mass is 359 g/mol. The first-order chi connectivity index (χ1) is 12.6. The molecular formula is C21H26FNO3. The van der Waals surface area contributed by atoms with Gasteiger partial charge in [0.1, 0.15) is 18.2 Å². The second-order valence-corrected chi connectivity index (χ2v) is 6.90. The van der Waals surface area contributed by atoms with Crippen LogP contribution in [-0.2, 0) is 13.0 Å². The number of halogens is 1. The van der Waals surface area contributed by atoms with Crippen LogP contribution in [0.4, 0.5) is 4.39 Å². The van der Waals surface area contributed by atoms with Gasteiger partial charge in [-0.15, -0.1) is 0 Å². The molecule has 1 fully saturated rings. The Hall–Kier alpha value is -1.95. The van der Waals surface area contributed by atoms with Crippen LogP contribution in [-0.4, -0.2) is 47.5 Å². The van der Waals surface area contributed by atoms with Crippen molar-refractivity contribution < 1.29 is 19.3 Å². The Bertz CT molecular complexity index is 692. The summed E-state index contributed by atoms with van der Waals surface area (Å²) in [5, 5.41) is 19.2. The summed E-state index contributed by atoms with van der Waals surface area (Å²) in [6.07, 6.45) is 1.17. The van der Waals surface area contributed by atoms with E-state index in [0.29, 0.717) is 6.61 Å². The van der Waals surface area contributed by atoms with E-state index < -0.39 is 0 Å². The molecule has 0 spiro atoms. The Morgan fingerprint density at radius 3 is 2.69 bits per heavy atom. The third-order valence-corrected chi connectivity index (χ3v) is 4.85. The Labute approximate surface area is 153 Å². The van der Waals surface area contributed by atoms with Crippen molar-refractivity contribution in [2.45, 2.75) is 25.5 Å². The van der Waals surface area contributed by atoms with E-state index in [9.17, 15) is 9.50 Å². The molecule has 2 atom stereocenters. The van der Waals surface area contributed by atoms with Crippen molar-refractivity contribution >= 4 is 0 Å². The van der Waals surface area contributed by atoms with Crippen molar-refractivity contribution in [1.29, 1.82) is 0 Å². The Morgan fingerprint density at radius 1 is 1.12 bits per heavy atom. The Kier molecular flexibility index (Phi) is 6.61. The molecule has 0 aliphatic carbocycles. The molecule has 0 saturated carbocycles. The highest BCUT2D eigenvalue weighted by atomic mass is 19.1. The van der Waals surface area contributed by atoms with Crippen molar-refractivity contribution in [3.05, 3.63) is 65.5 Å². The summed E-state index contributed by atoms with van der Waals surface area (Å²) in [6.45, 7) is 2.74. The number of hydrogen-bond acceptors (Lipinski definition) is 4. The van der Waals surface area contributed by atoms with Gasteiger partial charge in [0.15, 0.2) is 0 Å². The van der Waals surface area contributed by atoms with Crippen LogP contribution in [0.1, 0.15) is 17.5 Å². The maximum atomic E-state index is 13.1. The van der Waals surface area contributed by atoms with Gasteiger partial charge in [-0.3, -0.25) is 4.90 Å². The molecule has 0 bridgehead atoms. The lowest BCUT2D eigenvalue weighted by molar-refractivity contribution is 0.0239. The predicted octanol–water partition coefficient (Wildman–Crippen LogP) is 2.62. The van der Waals surface area contributed by atoms with Gasteiger partial charge in [-0.25, -0.2) is 4.39 Å². The van der Waals surface area contributed by atoms with Crippen LogP contribution < -0.4 is 4.74 Å². The van der Waals surface area contributed by atoms with Gasteiger partial charge < -0.3 is 14.9 Å². The number of likely N-dealkylation sites (tertiary alicyclic amines) is 1. The lowest BCUT2D eigenvalue weighted by atomic mass is 9.88. The number of piperidine rings is 1. The van der Waals surface area contributed by atoms with E-state index in [1.54, 1.807) is 12.1 Å². The molecule has 4 nitrogen and oxygen atoms in total. The molecule has 0 radical (unpaired) electrons.